The van der Waals surface area contributed by atoms with Gasteiger partial charge in [-0.2, -0.15) is 0 Å². The highest BCUT2D eigenvalue weighted by atomic mass is 35.5. The number of rotatable bonds is 3. The average molecular weight is 295 g/mol. The van der Waals surface area contributed by atoms with Crippen molar-refractivity contribution in [3.8, 4) is 5.75 Å². The smallest absolute Gasteiger partial charge is 0.262 e. The minimum absolute atomic E-state index is 0.0323. The van der Waals surface area contributed by atoms with E-state index in [2.05, 4.69) is 10.6 Å². The second-order valence-electron chi connectivity index (χ2n) is 4.75. The molecule has 2 aliphatic rings. The van der Waals surface area contributed by atoms with Crippen molar-refractivity contribution >= 4 is 28.9 Å². The molecule has 2 heterocycles. The maximum Gasteiger partial charge on any atom is 0.262 e. The molecule has 1 amide bonds. The van der Waals surface area contributed by atoms with Crippen LogP contribution in [0.4, 0.5) is 11.4 Å². The zero-order valence-corrected chi connectivity index (χ0v) is 11.6. The van der Waals surface area contributed by atoms with Crippen LogP contribution in [0, 0.1) is 0 Å². The summed E-state index contributed by atoms with van der Waals surface area (Å²) in [4.78, 5) is 11.2. The summed E-state index contributed by atoms with van der Waals surface area (Å²) in [5.41, 5.74) is 1.38. The third-order valence-corrected chi connectivity index (χ3v) is 3.56. The SMILES string of the molecule is O=C1COc2cc(NCC3CCC=CO3)c(Cl)cc2N1. The van der Waals surface area contributed by atoms with E-state index in [1.807, 2.05) is 6.08 Å². The van der Waals surface area contributed by atoms with Crippen LogP contribution in [0.5, 0.6) is 5.75 Å². The summed E-state index contributed by atoms with van der Waals surface area (Å²) in [6.45, 7) is 0.708. The fourth-order valence-corrected chi connectivity index (χ4v) is 2.42. The van der Waals surface area contributed by atoms with Crippen molar-refractivity contribution in [2.75, 3.05) is 23.8 Å². The van der Waals surface area contributed by atoms with E-state index >= 15 is 0 Å². The fourth-order valence-electron chi connectivity index (χ4n) is 2.19. The number of fused-ring (bicyclic) bond motifs is 1. The van der Waals surface area contributed by atoms with Gasteiger partial charge < -0.3 is 20.1 Å². The fraction of sp³-hybridized carbons (Fsp3) is 0.357. The van der Waals surface area contributed by atoms with Crippen LogP contribution in [0.2, 0.25) is 5.02 Å². The molecule has 1 aromatic carbocycles. The van der Waals surface area contributed by atoms with Crippen LogP contribution in [0.1, 0.15) is 12.8 Å². The molecule has 1 atom stereocenters. The summed E-state index contributed by atoms with van der Waals surface area (Å²) >= 11 is 6.20. The summed E-state index contributed by atoms with van der Waals surface area (Å²) in [5, 5.41) is 6.53. The highest BCUT2D eigenvalue weighted by molar-refractivity contribution is 6.33. The lowest BCUT2D eigenvalue weighted by molar-refractivity contribution is -0.118. The van der Waals surface area contributed by atoms with Crippen molar-refractivity contribution in [3.05, 3.63) is 29.5 Å². The van der Waals surface area contributed by atoms with Crippen LogP contribution in [0.15, 0.2) is 24.5 Å². The van der Waals surface area contributed by atoms with Gasteiger partial charge in [-0.25, -0.2) is 0 Å². The lowest BCUT2D eigenvalue weighted by Gasteiger charge is -2.22. The van der Waals surface area contributed by atoms with Crippen LogP contribution in [0.3, 0.4) is 0 Å². The maximum atomic E-state index is 11.2. The third-order valence-electron chi connectivity index (χ3n) is 3.24. The number of allylic oxidation sites excluding steroid dienone is 1. The molecule has 20 heavy (non-hydrogen) atoms. The first-order valence-corrected chi connectivity index (χ1v) is 6.91. The molecule has 0 aliphatic carbocycles. The standard InChI is InChI=1S/C14H15ClN2O3/c15-10-5-12-13(20-8-14(18)17-12)6-11(10)16-7-9-3-1-2-4-19-9/h2,4-6,9,16H,1,3,7-8H2,(H,17,18). The van der Waals surface area contributed by atoms with Crippen LogP contribution in [-0.2, 0) is 9.53 Å². The summed E-state index contributed by atoms with van der Waals surface area (Å²) in [7, 11) is 0. The van der Waals surface area contributed by atoms with Crippen molar-refractivity contribution in [2.24, 2.45) is 0 Å². The second kappa shape index (κ2) is 5.63. The summed E-state index contributed by atoms with van der Waals surface area (Å²) < 4.78 is 10.9. The first-order chi connectivity index (χ1) is 9.72. The lowest BCUT2D eigenvalue weighted by atomic mass is 10.1. The Kier molecular flexibility index (Phi) is 3.69. The van der Waals surface area contributed by atoms with E-state index in [4.69, 9.17) is 21.1 Å². The van der Waals surface area contributed by atoms with Crippen LogP contribution < -0.4 is 15.4 Å². The zero-order valence-electron chi connectivity index (χ0n) is 10.8. The minimum atomic E-state index is -0.170. The van der Waals surface area contributed by atoms with Gasteiger partial charge in [-0.1, -0.05) is 11.6 Å². The quantitative estimate of drug-likeness (QED) is 0.900. The Bertz CT molecular complexity index is 560. The summed E-state index contributed by atoms with van der Waals surface area (Å²) in [5.74, 6) is 0.456. The highest BCUT2D eigenvalue weighted by Crippen LogP contribution is 2.36. The van der Waals surface area contributed by atoms with Crippen molar-refractivity contribution < 1.29 is 14.3 Å². The first kappa shape index (κ1) is 13.1. The van der Waals surface area contributed by atoms with Gasteiger partial charge in [0.15, 0.2) is 6.61 Å². The number of ether oxygens (including phenoxy) is 2. The van der Waals surface area contributed by atoms with E-state index in [1.54, 1.807) is 18.4 Å². The Labute approximate surface area is 121 Å². The molecule has 0 bridgehead atoms. The second-order valence-corrected chi connectivity index (χ2v) is 5.16. The van der Waals surface area contributed by atoms with Gasteiger partial charge in [-0.15, -0.1) is 0 Å². The van der Waals surface area contributed by atoms with E-state index in [1.165, 1.54) is 0 Å². The molecule has 0 saturated carbocycles. The number of hydrogen-bond donors (Lipinski definition) is 2. The monoisotopic (exact) mass is 294 g/mol. The van der Waals surface area contributed by atoms with E-state index in [-0.39, 0.29) is 18.6 Å². The van der Waals surface area contributed by atoms with Crippen LogP contribution >= 0.6 is 11.6 Å². The Morgan fingerprint density at radius 2 is 2.35 bits per heavy atom. The normalized spacial score (nSPS) is 20.4. The van der Waals surface area contributed by atoms with Crippen molar-refractivity contribution in [3.63, 3.8) is 0 Å². The molecule has 106 valence electrons. The maximum absolute atomic E-state index is 11.2. The molecule has 0 radical (unpaired) electrons. The Hall–Kier alpha value is -1.88. The topological polar surface area (TPSA) is 59.6 Å². The number of nitrogens with one attached hydrogen (secondary N) is 2. The molecule has 5 nitrogen and oxygen atoms in total. The Morgan fingerprint density at radius 3 is 3.15 bits per heavy atom. The van der Waals surface area contributed by atoms with Gasteiger partial charge in [0.25, 0.3) is 5.91 Å². The van der Waals surface area contributed by atoms with E-state index in [0.29, 0.717) is 23.0 Å². The molecule has 0 aromatic heterocycles. The largest absolute Gasteiger partial charge is 0.497 e. The van der Waals surface area contributed by atoms with Crippen LogP contribution in [-0.4, -0.2) is 25.2 Å². The van der Waals surface area contributed by atoms with Gasteiger partial charge in [0, 0.05) is 6.07 Å². The predicted molar refractivity (Wildman–Crippen MR) is 77.3 cm³/mol. The van der Waals surface area contributed by atoms with E-state index < -0.39 is 0 Å². The Balaban J connectivity index is 1.70. The van der Waals surface area contributed by atoms with E-state index in [0.717, 1.165) is 18.5 Å². The van der Waals surface area contributed by atoms with Gasteiger partial charge in [0.1, 0.15) is 11.9 Å². The first-order valence-electron chi connectivity index (χ1n) is 6.53. The van der Waals surface area contributed by atoms with Crippen molar-refractivity contribution in [2.45, 2.75) is 18.9 Å². The summed E-state index contributed by atoms with van der Waals surface area (Å²) in [6, 6.07) is 3.49. The van der Waals surface area contributed by atoms with E-state index in [9.17, 15) is 4.79 Å². The molecule has 0 saturated heterocycles. The van der Waals surface area contributed by atoms with Crippen molar-refractivity contribution in [1.29, 1.82) is 0 Å². The molecule has 3 rings (SSSR count). The number of benzene rings is 1. The number of carbonyl (C=O) groups is 1. The average Bonchev–Trinajstić information content (AvgIpc) is 2.46. The molecular formula is C14H15ClN2O3. The molecule has 6 heteroatoms. The van der Waals surface area contributed by atoms with Gasteiger partial charge in [-0.05, 0) is 25.0 Å². The third kappa shape index (κ3) is 2.82. The highest BCUT2D eigenvalue weighted by Gasteiger charge is 2.19. The molecular weight excluding hydrogens is 280 g/mol. The van der Waals surface area contributed by atoms with Gasteiger partial charge in [-0.3, -0.25) is 4.79 Å². The lowest BCUT2D eigenvalue weighted by Crippen LogP contribution is -2.26. The number of amides is 1. The number of halogens is 1. The van der Waals surface area contributed by atoms with Crippen LogP contribution in [0.25, 0.3) is 0 Å². The van der Waals surface area contributed by atoms with Gasteiger partial charge in [0.05, 0.1) is 29.2 Å². The van der Waals surface area contributed by atoms with Gasteiger partial charge in [0.2, 0.25) is 0 Å². The molecule has 0 fully saturated rings. The number of anilines is 2. The molecule has 1 aromatic rings. The summed E-state index contributed by atoms with van der Waals surface area (Å²) in [6.07, 6.45) is 5.91. The number of hydrogen-bond acceptors (Lipinski definition) is 4. The van der Waals surface area contributed by atoms with Gasteiger partial charge >= 0.3 is 0 Å². The zero-order chi connectivity index (χ0) is 13.9. The number of carbonyl (C=O) groups excluding carboxylic acids is 1. The Morgan fingerprint density at radius 1 is 1.45 bits per heavy atom. The molecule has 0 spiro atoms. The predicted octanol–water partition coefficient (Wildman–Crippen LogP) is 2.78. The molecule has 1 unspecified atom stereocenters. The van der Waals surface area contributed by atoms with Crippen molar-refractivity contribution in [1.82, 2.24) is 0 Å². The minimum Gasteiger partial charge on any atom is -0.497 e. The molecule has 2 N–H and O–H groups in total. The molecule has 2 aliphatic heterocycles.